The molecule has 1 aromatic rings. The Kier molecular flexibility index (Phi) is 5.63. The molecule has 18 heavy (non-hydrogen) atoms. The number of carbonyl (C=O) groups excluding carboxylic acids is 2. The molecule has 6 heteroatoms. The summed E-state index contributed by atoms with van der Waals surface area (Å²) in [5, 5.41) is 5.10. The van der Waals surface area contributed by atoms with E-state index in [1.807, 2.05) is 6.92 Å². The molecule has 0 radical (unpaired) electrons. The Hall–Kier alpha value is -2.11. The third-order valence-electron chi connectivity index (χ3n) is 2.23. The van der Waals surface area contributed by atoms with Crippen LogP contribution in [-0.2, 0) is 16.1 Å². The highest BCUT2D eigenvalue weighted by molar-refractivity contribution is 5.84. The SMILES string of the molecule is CCCNC(=O)CNC(=O)Cn1ccccc1=O. The fourth-order valence-electron chi connectivity index (χ4n) is 1.31. The van der Waals surface area contributed by atoms with E-state index in [1.54, 1.807) is 12.1 Å². The van der Waals surface area contributed by atoms with Gasteiger partial charge in [0.25, 0.3) is 5.56 Å². The smallest absolute Gasteiger partial charge is 0.250 e. The first-order chi connectivity index (χ1) is 8.63. The van der Waals surface area contributed by atoms with E-state index < -0.39 is 0 Å². The summed E-state index contributed by atoms with van der Waals surface area (Å²) in [4.78, 5) is 34.1. The molecule has 2 amide bonds. The molecule has 0 unspecified atom stereocenters. The van der Waals surface area contributed by atoms with Gasteiger partial charge < -0.3 is 15.2 Å². The van der Waals surface area contributed by atoms with Crippen LogP contribution in [0.25, 0.3) is 0 Å². The van der Waals surface area contributed by atoms with Gasteiger partial charge in [-0.3, -0.25) is 14.4 Å². The number of amides is 2. The number of hydrogen-bond donors (Lipinski definition) is 2. The van der Waals surface area contributed by atoms with E-state index in [0.717, 1.165) is 6.42 Å². The molecule has 0 fully saturated rings. The minimum atomic E-state index is -0.366. The average molecular weight is 251 g/mol. The first-order valence-electron chi connectivity index (χ1n) is 5.82. The van der Waals surface area contributed by atoms with Crippen molar-refractivity contribution < 1.29 is 9.59 Å². The van der Waals surface area contributed by atoms with Crippen molar-refractivity contribution in [2.75, 3.05) is 13.1 Å². The Morgan fingerprint density at radius 2 is 2.00 bits per heavy atom. The first kappa shape index (κ1) is 14.0. The van der Waals surface area contributed by atoms with Gasteiger partial charge in [0.2, 0.25) is 11.8 Å². The van der Waals surface area contributed by atoms with Crippen molar-refractivity contribution in [3.05, 3.63) is 34.7 Å². The van der Waals surface area contributed by atoms with Gasteiger partial charge in [-0.1, -0.05) is 13.0 Å². The van der Waals surface area contributed by atoms with Gasteiger partial charge in [0.15, 0.2) is 0 Å². The summed E-state index contributed by atoms with van der Waals surface area (Å²) in [5.41, 5.74) is -0.247. The number of hydrogen-bond acceptors (Lipinski definition) is 3. The lowest BCUT2D eigenvalue weighted by molar-refractivity contribution is -0.126. The van der Waals surface area contributed by atoms with Crippen molar-refractivity contribution >= 4 is 11.8 Å². The van der Waals surface area contributed by atoms with Crippen molar-refractivity contribution in [3.63, 3.8) is 0 Å². The van der Waals surface area contributed by atoms with Crippen LogP contribution in [0.15, 0.2) is 29.2 Å². The largest absolute Gasteiger partial charge is 0.355 e. The normalized spacial score (nSPS) is 9.83. The van der Waals surface area contributed by atoms with Gasteiger partial charge >= 0.3 is 0 Å². The third-order valence-corrected chi connectivity index (χ3v) is 2.23. The Bertz CT molecular complexity index is 468. The number of rotatable bonds is 6. The number of nitrogens with one attached hydrogen (secondary N) is 2. The predicted octanol–water partition coefficient (Wildman–Crippen LogP) is -0.509. The van der Waals surface area contributed by atoms with Crippen molar-refractivity contribution in [1.82, 2.24) is 15.2 Å². The van der Waals surface area contributed by atoms with Crippen LogP contribution in [0.2, 0.25) is 0 Å². The zero-order valence-electron chi connectivity index (χ0n) is 10.3. The lowest BCUT2D eigenvalue weighted by Gasteiger charge is -2.07. The highest BCUT2D eigenvalue weighted by Crippen LogP contribution is 1.82. The number of carbonyl (C=O) groups is 2. The van der Waals surface area contributed by atoms with Crippen LogP contribution in [-0.4, -0.2) is 29.5 Å². The minimum Gasteiger partial charge on any atom is -0.355 e. The summed E-state index contributed by atoms with van der Waals surface area (Å²) in [5.74, 6) is -0.597. The Balaban J connectivity index is 2.37. The maximum atomic E-state index is 11.5. The predicted molar refractivity (Wildman–Crippen MR) is 67.0 cm³/mol. The summed E-state index contributed by atoms with van der Waals surface area (Å²) in [6.45, 7) is 2.38. The zero-order chi connectivity index (χ0) is 13.4. The van der Waals surface area contributed by atoms with Gasteiger partial charge in [0.1, 0.15) is 6.54 Å². The molecule has 0 saturated heterocycles. The van der Waals surface area contributed by atoms with E-state index >= 15 is 0 Å². The highest BCUT2D eigenvalue weighted by Gasteiger charge is 2.06. The Morgan fingerprint density at radius 1 is 1.22 bits per heavy atom. The summed E-state index contributed by atoms with van der Waals surface area (Å²) in [6.07, 6.45) is 2.37. The van der Waals surface area contributed by atoms with Gasteiger partial charge in [0, 0.05) is 18.8 Å². The second-order valence-corrected chi connectivity index (χ2v) is 3.79. The monoisotopic (exact) mass is 251 g/mol. The van der Waals surface area contributed by atoms with E-state index in [1.165, 1.54) is 16.8 Å². The molecule has 6 nitrogen and oxygen atoms in total. The van der Waals surface area contributed by atoms with Crippen LogP contribution >= 0.6 is 0 Å². The molecule has 1 rings (SSSR count). The van der Waals surface area contributed by atoms with Crippen LogP contribution in [0.5, 0.6) is 0 Å². The number of nitrogens with zero attached hydrogens (tertiary/aromatic N) is 1. The molecule has 0 spiro atoms. The lowest BCUT2D eigenvalue weighted by Crippen LogP contribution is -2.39. The molecule has 98 valence electrons. The lowest BCUT2D eigenvalue weighted by atomic mass is 10.4. The molecule has 0 aliphatic rings. The molecular formula is C12H17N3O3. The van der Waals surface area contributed by atoms with Crippen molar-refractivity contribution in [2.24, 2.45) is 0 Å². The second kappa shape index (κ2) is 7.26. The molecule has 2 N–H and O–H groups in total. The van der Waals surface area contributed by atoms with Crippen LogP contribution in [0.4, 0.5) is 0 Å². The van der Waals surface area contributed by atoms with Crippen LogP contribution < -0.4 is 16.2 Å². The maximum Gasteiger partial charge on any atom is 0.250 e. The number of aromatic nitrogens is 1. The molecule has 1 heterocycles. The molecular weight excluding hydrogens is 234 g/mol. The Labute approximate surface area is 105 Å². The molecule has 0 aliphatic carbocycles. The van der Waals surface area contributed by atoms with Crippen LogP contribution in [0, 0.1) is 0 Å². The topological polar surface area (TPSA) is 80.2 Å². The standard InChI is InChI=1S/C12H17N3O3/c1-2-6-13-10(16)8-14-11(17)9-15-7-4-3-5-12(15)18/h3-5,7H,2,6,8-9H2,1H3,(H,13,16)(H,14,17). The van der Waals surface area contributed by atoms with Crippen LogP contribution in [0.3, 0.4) is 0 Å². The molecule has 0 aromatic carbocycles. The van der Waals surface area contributed by atoms with E-state index in [9.17, 15) is 14.4 Å². The first-order valence-corrected chi connectivity index (χ1v) is 5.82. The molecule has 0 aliphatic heterocycles. The fraction of sp³-hybridized carbons (Fsp3) is 0.417. The van der Waals surface area contributed by atoms with Crippen molar-refractivity contribution in [1.29, 1.82) is 0 Å². The van der Waals surface area contributed by atoms with Crippen LogP contribution in [0.1, 0.15) is 13.3 Å². The number of pyridine rings is 1. The summed E-state index contributed by atoms with van der Waals surface area (Å²) in [6, 6.07) is 4.65. The van der Waals surface area contributed by atoms with Crippen molar-refractivity contribution in [2.45, 2.75) is 19.9 Å². The van der Waals surface area contributed by atoms with Crippen molar-refractivity contribution in [3.8, 4) is 0 Å². The second-order valence-electron chi connectivity index (χ2n) is 3.79. The molecule has 0 saturated carbocycles. The van der Waals surface area contributed by atoms with E-state index in [0.29, 0.717) is 6.54 Å². The third kappa shape index (κ3) is 4.82. The highest BCUT2D eigenvalue weighted by atomic mass is 16.2. The molecule has 0 atom stereocenters. The van der Waals surface area contributed by atoms with E-state index in [2.05, 4.69) is 10.6 Å². The van der Waals surface area contributed by atoms with E-state index in [-0.39, 0.29) is 30.5 Å². The summed E-state index contributed by atoms with van der Waals surface area (Å²) >= 11 is 0. The fourth-order valence-corrected chi connectivity index (χ4v) is 1.31. The quantitative estimate of drug-likeness (QED) is 0.714. The van der Waals surface area contributed by atoms with Gasteiger partial charge in [-0.25, -0.2) is 0 Å². The molecule has 0 bridgehead atoms. The molecule has 1 aromatic heterocycles. The average Bonchev–Trinajstić information content (AvgIpc) is 2.36. The minimum absolute atomic E-state index is 0.0690. The zero-order valence-corrected chi connectivity index (χ0v) is 10.3. The van der Waals surface area contributed by atoms with Gasteiger partial charge in [-0.15, -0.1) is 0 Å². The van der Waals surface area contributed by atoms with Gasteiger partial charge in [0.05, 0.1) is 6.54 Å². The van der Waals surface area contributed by atoms with Gasteiger partial charge in [-0.05, 0) is 12.5 Å². The van der Waals surface area contributed by atoms with E-state index in [4.69, 9.17) is 0 Å². The van der Waals surface area contributed by atoms with Gasteiger partial charge in [-0.2, -0.15) is 0 Å². The maximum absolute atomic E-state index is 11.5. The Morgan fingerprint density at radius 3 is 2.67 bits per heavy atom. The summed E-state index contributed by atoms with van der Waals surface area (Å²) < 4.78 is 1.28. The summed E-state index contributed by atoms with van der Waals surface area (Å²) in [7, 11) is 0.